The second kappa shape index (κ2) is 3.66. The summed E-state index contributed by atoms with van der Waals surface area (Å²) in [5.74, 6) is -0.0547. The lowest BCUT2D eigenvalue weighted by Crippen LogP contribution is -2.25. The molecule has 0 spiro atoms. The summed E-state index contributed by atoms with van der Waals surface area (Å²) in [7, 11) is 0. The first-order valence-corrected chi connectivity index (χ1v) is 5.13. The summed E-state index contributed by atoms with van der Waals surface area (Å²) in [6, 6.07) is 4.04. The van der Waals surface area contributed by atoms with Crippen molar-refractivity contribution in [3.8, 4) is 0 Å². The lowest BCUT2D eigenvalue weighted by atomic mass is 9.87. The molecule has 0 radical (unpaired) electrons. The summed E-state index contributed by atoms with van der Waals surface area (Å²) >= 11 is 0. The molecule has 2 rings (SSSR count). The summed E-state index contributed by atoms with van der Waals surface area (Å²) in [4.78, 5) is 11.4. The Morgan fingerprint density at radius 3 is 2.87 bits per heavy atom. The van der Waals surface area contributed by atoms with Crippen molar-refractivity contribution < 1.29 is 9.90 Å². The fourth-order valence-corrected chi connectivity index (χ4v) is 2.31. The number of aryl methyl sites for hydroxylation is 2. The van der Waals surface area contributed by atoms with Gasteiger partial charge < -0.3 is 10.4 Å². The van der Waals surface area contributed by atoms with Crippen LogP contribution in [0.1, 0.15) is 29.0 Å². The van der Waals surface area contributed by atoms with Crippen LogP contribution in [0.5, 0.6) is 0 Å². The molecule has 0 aliphatic carbocycles. The molecule has 15 heavy (non-hydrogen) atoms. The Hall–Kier alpha value is -1.35. The molecular weight excluding hydrogens is 190 g/mol. The van der Waals surface area contributed by atoms with Gasteiger partial charge in [-0.2, -0.15) is 0 Å². The van der Waals surface area contributed by atoms with Gasteiger partial charge in [-0.15, -0.1) is 0 Å². The maximum Gasteiger partial charge on any atom is 0.225 e. The van der Waals surface area contributed by atoms with Gasteiger partial charge in [0.25, 0.3) is 0 Å². The third-order valence-corrected chi connectivity index (χ3v) is 2.87. The van der Waals surface area contributed by atoms with E-state index in [4.69, 9.17) is 0 Å². The van der Waals surface area contributed by atoms with E-state index in [-0.39, 0.29) is 18.4 Å². The normalized spacial score (nSPS) is 19.7. The van der Waals surface area contributed by atoms with Crippen molar-refractivity contribution in [1.82, 2.24) is 0 Å². The number of anilines is 1. The summed E-state index contributed by atoms with van der Waals surface area (Å²) in [6.45, 7) is 4.05. The van der Waals surface area contributed by atoms with Gasteiger partial charge in [-0.25, -0.2) is 0 Å². The topological polar surface area (TPSA) is 49.3 Å². The van der Waals surface area contributed by atoms with Gasteiger partial charge in [-0.1, -0.05) is 6.07 Å². The first-order valence-electron chi connectivity index (χ1n) is 5.13. The van der Waals surface area contributed by atoms with Crippen molar-refractivity contribution in [2.75, 3.05) is 11.9 Å². The molecule has 1 aliphatic rings. The Morgan fingerprint density at radius 2 is 2.20 bits per heavy atom. The van der Waals surface area contributed by atoms with Crippen LogP contribution in [-0.4, -0.2) is 17.6 Å². The highest BCUT2D eigenvalue weighted by Gasteiger charge is 2.25. The lowest BCUT2D eigenvalue weighted by molar-refractivity contribution is -0.117. The van der Waals surface area contributed by atoms with Gasteiger partial charge in [0.15, 0.2) is 0 Å². The molecule has 1 unspecified atom stereocenters. The van der Waals surface area contributed by atoms with E-state index >= 15 is 0 Å². The lowest BCUT2D eigenvalue weighted by Gasteiger charge is -2.26. The van der Waals surface area contributed by atoms with Crippen molar-refractivity contribution >= 4 is 11.6 Å². The maximum atomic E-state index is 11.4. The number of nitrogens with one attached hydrogen (secondary N) is 1. The third-order valence-electron chi connectivity index (χ3n) is 2.87. The van der Waals surface area contributed by atoms with Crippen molar-refractivity contribution in [3.05, 3.63) is 28.8 Å². The van der Waals surface area contributed by atoms with Crippen LogP contribution in [0.4, 0.5) is 5.69 Å². The minimum Gasteiger partial charge on any atom is -0.396 e. The Labute approximate surface area is 89.1 Å². The number of rotatable bonds is 1. The monoisotopic (exact) mass is 205 g/mol. The second-order valence-electron chi connectivity index (χ2n) is 4.17. The first-order chi connectivity index (χ1) is 7.11. The molecule has 80 valence electrons. The molecule has 1 atom stereocenters. The van der Waals surface area contributed by atoms with E-state index in [0.29, 0.717) is 6.42 Å². The fourth-order valence-electron chi connectivity index (χ4n) is 2.31. The molecule has 0 fully saturated rings. The van der Waals surface area contributed by atoms with E-state index in [0.717, 1.165) is 22.4 Å². The zero-order valence-corrected chi connectivity index (χ0v) is 9.00. The van der Waals surface area contributed by atoms with E-state index < -0.39 is 0 Å². The van der Waals surface area contributed by atoms with Crippen molar-refractivity contribution in [2.24, 2.45) is 0 Å². The minimum absolute atomic E-state index is 0.00782. The number of carbonyl (C=O) groups is 1. The summed E-state index contributed by atoms with van der Waals surface area (Å²) in [6.07, 6.45) is 0.382. The van der Waals surface area contributed by atoms with Gasteiger partial charge in [0.2, 0.25) is 5.91 Å². The van der Waals surface area contributed by atoms with Gasteiger partial charge >= 0.3 is 0 Å². The molecule has 1 heterocycles. The van der Waals surface area contributed by atoms with E-state index in [1.54, 1.807) is 0 Å². The molecule has 1 aliphatic heterocycles. The quantitative estimate of drug-likeness (QED) is 0.733. The van der Waals surface area contributed by atoms with E-state index in [9.17, 15) is 9.90 Å². The SMILES string of the molecule is Cc1cc(C)c2c(c1)NC(=O)CC2CO. The smallest absolute Gasteiger partial charge is 0.225 e. The molecule has 2 N–H and O–H groups in total. The number of aliphatic hydroxyl groups is 1. The van der Waals surface area contributed by atoms with Crippen LogP contribution in [0.25, 0.3) is 0 Å². The molecule has 0 bridgehead atoms. The van der Waals surface area contributed by atoms with Crippen LogP contribution >= 0.6 is 0 Å². The molecule has 1 aromatic rings. The maximum absolute atomic E-state index is 11.4. The first kappa shape index (κ1) is 10.2. The zero-order chi connectivity index (χ0) is 11.0. The van der Waals surface area contributed by atoms with Gasteiger partial charge in [0.05, 0.1) is 6.61 Å². The van der Waals surface area contributed by atoms with Crippen molar-refractivity contribution in [1.29, 1.82) is 0 Å². The number of carbonyl (C=O) groups excluding carboxylic acids is 1. The number of aliphatic hydroxyl groups excluding tert-OH is 1. The van der Waals surface area contributed by atoms with Crippen molar-refractivity contribution in [3.63, 3.8) is 0 Å². The van der Waals surface area contributed by atoms with Crippen LogP contribution in [0.15, 0.2) is 12.1 Å². The van der Waals surface area contributed by atoms with Gasteiger partial charge in [0.1, 0.15) is 0 Å². The van der Waals surface area contributed by atoms with E-state index in [1.165, 1.54) is 0 Å². The van der Waals surface area contributed by atoms with E-state index in [2.05, 4.69) is 11.4 Å². The molecule has 3 heteroatoms. The summed E-state index contributed by atoms with van der Waals surface area (Å²) in [5, 5.41) is 12.1. The molecule has 1 aromatic carbocycles. The third kappa shape index (κ3) is 1.75. The average molecular weight is 205 g/mol. The Kier molecular flexibility index (Phi) is 2.49. The number of fused-ring (bicyclic) bond motifs is 1. The van der Waals surface area contributed by atoms with Gasteiger partial charge in [0, 0.05) is 18.0 Å². The fraction of sp³-hybridized carbons (Fsp3) is 0.417. The molecule has 0 saturated heterocycles. The van der Waals surface area contributed by atoms with Crippen LogP contribution in [0.2, 0.25) is 0 Å². The molecule has 3 nitrogen and oxygen atoms in total. The van der Waals surface area contributed by atoms with Gasteiger partial charge in [-0.05, 0) is 36.6 Å². The molecular formula is C12H15NO2. The molecule has 1 amide bonds. The predicted octanol–water partition coefficient (Wildman–Crippen LogP) is 1.72. The average Bonchev–Trinajstić information content (AvgIpc) is 2.14. The highest BCUT2D eigenvalue weighted by Crippen LogP contribution is 2.35. The Balaban J connectivity index is 2.55. The largest absolute Gasteiger partial charge is 0.396 e. The van der Waals surface area contributed by atoms with Crippen LogP contribution in [0, 0.1) is 13.8 Å². The van der Waals surface area contributed by atoms with Crippen molar-refractivity contribution in [2.45, 2.75) is 26.2 Å². The Bertz CT molecular complexity index is 412. The van der Waals surface area contributed by atoms with E-state index in [1.807, 2.05) is 19.9 Å². The van der Waals surface area contributed by atoms with Gasteiger partial charge in [-0.3, -0.25) is 4.79 Å². The molecule has 0 saturated carbocycles. The highest BCUT2D eigenvalue weighted by molar-refractivity contribution is 5.95. The summed E-state index contributed by atoms with van der Waals surface area (Å²) in [5.41, 5.74) is 4.22. The Morgan fingerprint density at radius 1 is 1.47 bits per heavy atom. The minimum atomic E-state index is -0.0469. The van der Waals surface area contributed by atoms with Crippen LogP contribution < -0.4 is 5.32 Å². The van der Waals surface area contributed by atoms with Crippen LogP contribution in [-0.2, 0) is 4.79 Å². The molecule has 0 aromatic heterocycles. The summed E-state index contributed by atoms with van der Waals surface area (Å²) < 4.78 is 0. The second-order valence-corrected chi connectivity index (χ2v) is 4.17. The number of amides is 1. The predicted molar refractivity (Wildman–Crippen MR) is 59.0 cm³/mol. The number of hydrogen-bond donors (Lipinski definition) is 2. The van der Waals surface area contributed by atoms with Crippen LogP contribution in [0.3, 0.4) is 0 Å². The zero-order valence-electron chi connectivity index (χ0n) is 9.00. The number of benzene rings is 1. The standard InChI is InChI=1S/C12H15NO2/c1-7-3-8(2)12-9(6-14)5-11(15)13-10(12)4-7/h3-4,9,14H,5-6H2,1-2H3,(H,13,15). The number of hydrogen-bond acceptors (Lipinski definition) is 2. The highest BCUT2D eigenvalue weighted by atomic mass is 16.3.